The molecule has 7 heteroatoms. The summed E-state index contributed by atoms with van der Waals surface area (Å²) in [6.07, 6.45) is 3.20. The van der Waals surface area contributed by atoms with Crippen molar-refractivity contribution in [3.05, 3.63) is 29.8 Å². The Morgan fingerprint density at radius 1 is 1.17 bits per heavy atom. The van der Waals surface area contributed by atoms with Gasteiger partial charge in [-0.2, -0.15) is 0 Å². The van der Waals surface area contributed by atoms with E-state index in [-0.39, 0.29) is 30.3 Å². The van der Waals surface area contributed by atoms with E-state index in [1.165, 1.54) is 0 Å². The minimum Gasteiger partial charge on any atom is -0.364 e. The van der Waals surface area contributed by atoms with Crippen LogP contribution in [0, 0.1) is 0 Å². The van der Waals surface area contributed by atoms with Gasteiger partial charge in [-0.15, -0.1) is 12.4 Å². The maximum Gasteiger partial charge on any atom is 0.253 e. The van der Waals surface area contributed by atoms with Gasteiger partial charge in [0.2, 0.25) is 0 Å². The van der Waals surface area contributed by atoms with E-state index in [1.54, 1.807) is 24.3 Å². The highest BCUT2D eigenvalue weighted by Crippen LogP contribution is 2.21. The van der Waals surface area contributed by atoms with Gasteiger partial charge in [0.25, 0.3) is 11.8 Å². The molecule has 132 valence electrons. The zero-order valence-electron chi connectivity index (χ0n) is 13.6. The van der Waals surface area contributed by atoms with E-state index in [0.717, 1.165) is 32.4 Å². The van der Waals surface area contributed by atoms with Crippen LogP contribution in [0.2, 0.25) is 0 Å². The first kappa shape index (κ1) is 18.7. The molecule has 1 aromatic carbocycles. The number of nitrogens with two attached hydrogens (primary N) is 1. The summed E-state index contributed by atoms with van der Waals surface area (Å²) in [7, 11) is 0. The lowest BCUT2D eigenvalue weighted by molar-refractivity contribution is -0.126. The normalized spacial score (nSPS) is 23.0. The fourth-order valence-electron chi connectivity index (χ4n) is 3.09. The Hall–Kier alpha value is -1.63. The standard InChI is InChI=1S/C17H23N3O3.ClH/c18-11-14-7-8-15(23-14)16(21)19-13-5-3-12(4-6-13)17(22)20-9-1-2-10-20;/h3-6,14-15H,1-2,7-11,18H2,(H,19,21);1H/t14-,15+;/m1./s1. The van der Waals surface area contributed by atoms with E-state index in [4.69, 9.17) is 10.5 Å². The van der Waals surface area contributed by atoms with E-state index < -0.39 is 6.10 Å². The highest BCUT2D eigenvalue weighted by molar-refractivity contribution is 5.97. The molecule has 0 unspecified atom stereocenters. The van der Waals surface area contributed by atoms with E-state index in [9.17, 15) is 9.59 Å². The van der Waals surface area contributed by atoms with Gasteiger partial charge in [-0.05, 0) is 49.9 Å². The van der Waals surface area contributed by atoms with Crippen molar-refractivity contribution in [2.24, 2.45) is 5.73 Å². The Balaban J connectivity index is 0.00000208. The fraction of sp³-hybridized carbons (Fsp3) is 0.529. The molecular formula is C17H24ClN3O3. The van der Waals surface area contributed by atoms with Crippen molar-refractivity contribution in [3.8, 4) is 0 Å². The van der Waals surface area contributed by atoms with Crippen molar-refractivity contribution in [2.75, 3.05) is 25.0 Å². The van der Waals surface area contributed by atoms with Crippen molar-refractivity contribution in [1.29, 1.82) is 0 Å². The Morgan fingerprint density at radius 3 is 2.42 bits per heavy atom. The van der Waals surface area contributed by atoms with Crippen LogP contribution in [0.5, 0.6) is 0 Å². The lowest BCUT2D eigenvalue weighted by Crippen LogP contribution is -2.30. The molecule has 3 rings (SSSR count). The van der Waals surface area contributed by atoms with Gasteiger partial charge in [0.05, 0.1) is 6.10 Å². The number of nitrogens with zero attached hydrogens (tertiary/aromatic N) is 1. The van der Waals surface area contributed by atoms with Crippen molar-refractivity contribution in [1.82, 2.24) is 4.90 Å². The zero-order chi connectivity index (χ0) is 16.2. The van der Waals surface area contributed by atoms with Crippen LogP contribution in [-0.4, -0.2) is 48.6 Å². The summed E-state index contributed by atoms with van der Waals surface area (Å²) in [5.41, 5.74) is 6.88. The maximum atomic E-state index is 12.3. The minimum atomic E-state index is -0.436. The molecule has 0 spiro atoms. The van der Waals surface area contributed by atoms with Crippen LogP contribution in [-0.2, 0) is 9.53 Å². The van der Waals surface area contributed by atoms with Crippen LogP contribution < -0.4 is 11.1 Å². The maximum absolute atomic E-state index is 12.3. The van der Waals surface area contributed by atoms with Gasteiger partial charge >= 0.3 is 0 Å². The molecule has 0 saturated carbocycles. The quantitative estimate of drug-likeness (QED) is 0.864. The third-order valence-corrected chi connectivity index (χ3v) is 4.46. The van der Waals surface area contributed by atoms with Gasteiger partial charge in [-0.3, -0.25) is 9.59 Å². The highest BCUT2D eigenvalue weighted by atomic mass is 35.5. The molecule has 24 heavy (non-hydrogen) atoms. The SMILES string of the molecule is Cl.NC[C@H]1CC[C@@H](C(=O)Nc2ccc(C(=O)N3CCCC3)cc2)O1. The molecule has 3 N–H and O–H groups in total. The molecule has 0 bridgehead atoms. The Kier molecular flexibility index (Phi) is 6.60. The van der Waals surface area contributed by atoms with E-state index in [2.05, 4.69) is 5.32 Å². The van der Waals surface area contributed by atoms with Crippen LogP contribution in [0.25, 0.3) is 0 Å². The average Bonchev–Trinajstić information content (AvgIpc) is 3.26. The van der Waals surface area contributed by atoms with Crippen LogP contribution in [0.4, 0.5) is 5.69 Å². The number of ether oxygens (including phenoxy) is 1. The lowest BCUT2D eigenvalue weighted by Gasteiger charge is -2.16. The second-order valence-corrected chi connectivity index (χ2v) is 6.13. The van der Waals surface area contributed by atoms with Crippen molar-refractivity contribution in [3.63, 3.8) is 0 Å². The summed E-state index contributed by atoms with van der Waals surface area (Å²) in [4.78, 5) is 26.3. The fourth-order valence-corrected chi connectivity index (χ4v) is 3.09. The van der Waals surface area contributed by atoms with Gasteiger partial charge in [0.1, 0.15) is 6.10 Å². The summed E-state index contributed by atoms with van der Waals surface area (Å²) >= 11 is 0. The summed E-state index contributed by atoms with van der Waals surface area (Å²) in [6.45, 7) is 2.11. The number of anilines is 1. The molecule has 2 heterocycles. The lowest BCUT2D eigenvalue weighted by atomic mass is 10.1. The van der Waals surface area contributed by atoms with Gasteiger partial charge in [-0.1, -0.05) is 0 Å². The molecule has 6 nitrogen and oxygen atoms in total. The molecular weight excluding hydrogens is 330 g/mol. The van der Waals surface area contributed by atoms with E-state index in [1.807, 2.05) is 4.90 Å². The number of nitrogens with one attached hydrogen (secondary N) is 1. The molecule has 1 aromatic rings. The third kappa shape index (κ3) is 4.26. The summed E-state index contributed by atoms with van der Waals surface area (Å²) < 4.78 is 5.58. The largest absolute Gasteiger partial charge is 0.364 e. The van der Waals surface area contributed by atoms with E-state index >= 15 is 0 Å². The Morgan fingerprint density at radius 2 is 1.83 bits per heavy atom. The molecule has 2 aliphatic heterocycles. The van der Waals surface area contributed by atoms with Gasteiger partial charge in [-0.25, -0.2) is 0 Å². The number of hydrogen-bond acceptors (Lipinski definition) is 4. The number of likely N-dealkylation sites (tertiary alicyclic amines) is 1. The zero-order valence-corrected chi connectivity index (χ0v) is 14.4. The summed E-state index contributed by atoms with van der Waals surface area (Å²) in [6, 6.07) is 7.04. The number of hydrogen-bond donors (Lipinski definition) is 2. The molecule has 0 aliphatic carbocycles. The first-order valence-electron chi connectivity index (χ1n) is 8.23. The second-order valence-electron chi connectivity index (χ2n) is 6.13. The van der Waals surface area contributed by atoms with Crippen LogP contribution in [0.1, 0.15) is 36.0 Å². The number of benzene rings is 1. The second kappa shape index (κ2) is 8.46. The molecule has 2 aliphatic rings. The summed E-state index contributed by atoms with van der Waals surface area (Å²) in [5, 5.41) is 2.83. The average molecular weight is 354 g/mol. The molecule has 2 amide bonds. The van der Waals surface area contributed by atoms with Crippen molar-refractivity contribution < 1.29 is 14.3 Å². The van der Waals surface area contributed by atoms with Crippen LogP contribution >= 0.6 is 12.4 Å². The first-order valence-corrected chi connectivity index (χ1v) is 8.23. The van der Waals surface area contributed by atoms with Crippen LogP contribution in [0.15, 0.2) is 24.3 Å². The number of rotatable bonds is 4. The number of carbonyl (C=O) groups excluding carboxylic acids is 2. The van der Waals surface area contributed by atoms with Crippen LogP contribution in [0.3, 0.4) is 0 Å². The molecule has 0 aromatic heterocycles. The monoisotopic (exact) mass is 353 g/mol. The third-order valence-electron chi connectivity index (χ3n) is 4.46. The number of halogens is 1. The predicted molar refractivity (Wildman–Crippen MR) is 94.4 cm³/mol. The van der Waals surface area contributed by atoms with Gasteiger partial charge in [0, 0.05) is 30.9 Å². The molecule has 2 saturated heterocycles. The molecule has 0 radical (unpaired) electrons. The van der Waals surface area contributed by atoms with Gasteiger partial charge < -0.3 is 20.7 Å². The van der Waals surface area contributed by atoms with Crippen molar-refractivity contribution in [2.45, 2.75) is 37.9 Å². The highest BCUT2D eigenvalue weighted by Gasteiger charge is 2.29. The van der Waals surface area contributed by atoms with E-state index in [0.29, 0.717) is 24.2 Å². The topological polar surface area (TPSA) is 84.7 Å². The molecule has 2 fully saturated rings. The van der Waals surface area contributed by atoms with Crippen molar-refractivity contribution >= 4 is 29.9 Å². The Bertz CT molecular complexity index is 573. The summed E-state index contributed by atoms with van der Waals surface area (Å²) in [5.74, 6) is -0.0927. The Labute approximate surface area is 148 Å². The minimum absolute atomic E-state index is 0. The van der Waals surface area contributed by atoms with Gasteiger partial charge in [0.15, 0.2) is 0 Å². The smallest absolute Gasteiger partial charge is 0.253 e. The first-order chi connectivity index (χ1) is 11.2. The number of carbonyl (C=O) groups is 2. The number of amides is 2. The predicted octanol–water partition coefficient (Wildman–Crippen LogP) is 1.79. The molecule has 2 atom stereocenters.